The Bertz CT molecular complexity index is 939. The molecular formula is C21H28N4O2. The van der Waals surface area contributed by atoms with Crippen LogP contribution in [0.5, 0.6) is 0 Å². The summed E-state index contributed by atoms with van der Waals surface area (Å²) in [7, 11) is 4.10. The van der Waals surface area contributed by atoms with Crippen LogP contribution >= 0.6 is 0 Å². The number of benzene rings is 1. The summed E-state index contributed by atoms with van der Waals surface area (Å²) in [5.41, 5.74) is 8.74. The number of rotatable bonds is 8. The van der Waals surface area contributed by atoms with E-state index >= 15 is 0 Å². The fourth-order valence-corrected chi connectivity index (χ4v) is 3.59. The topological polar surface area (TPSA) is 76.4 Å². The van der Waals surface area contributed by atoms with Gasteiger partial charge in [-0.25, -0.2) is 0 Å². The van der Waals surface area contributed by atoms with Crippen molar-refractivity contribution in [3.63, 3.8) is 0 Å². The van der Waals surface area contributed by atoms with Crippen molar-refractivity contribution in [1.29, 1.82) is 0 Å². The van der Waals surface area contributed by atoms with Gasteiger partial charge in [0.1, 0.15) is 18.1 Å². The minimum Gasteiger partial charge on any atom is -0.465 e. The van der Waals surface area contributed by atoms with E-state index in [1.807, 2.05) is 62.8 Å². The van der Waals surface area contributed by atoms with Gasteiger partial charge in [0.05, 0.1) is 6.04 Å². The van der Waals surface area contributed by atoms with E-state index in [4.69, 9.17) is 10.2 Å². The number of amides is 1. The van der Waals surface area contributed by atoms with Crippen molar-refractivity contribution < 1.29 is 9.21 Å². The third-order valence-electron chi connectivity index (χ3n) is 5.03. The zero-order chi connectivity index (χ0) is 19.6. The van der Waals surface area contributed by atoms with Gasteiger partial charge in [0.2, 0.25) is 5.91 Å². The number of nitrogens with one attached hydrogen (secondary N) is 1. The molecule has 0 saturated heterocycles. The molecule has 0 spiro atoms. The maximum Gasteiger partial charge on any atom is 0.237 e. The number of furan rings is 1. The minimum atomic E-state index is -0.334. The maximum absolute atomic E-state index is 11.5. The molecule has 0 saturated carbocycles. The molecule has 144 valence electrons. The van der Waals surface area contributed by atoms with Gasteiger partial charge < -0.3 is 20.0 Å². The lowest BCUT2D eigenvalue weighted by molar-refractivity contribution is -0.118. The standard InChI is InChI=1S/C21H28N4O2/c1-14-9-10-20(27-14)19(24(3)4)12-23-11-17-15(2)25(13-21(22)26)18-8-6-5-7-16(17)18/h5-10,19,23H,11-13H2,1-4H3,(H2,22,26)/t19-/m0/s1. The normalized spacial score (nSPS) is 12.8. The van der Waals surface area contributed by atoms with Gasteiger partial charge in [0.15, 0.2) is 0 Å². The summed E-state index contributed by atoms with van der Waals surface area (Å²) in [4.78, 5) is 13.6. The van der Waals surface area contributed by atoms with E-state index in [-0.39, 0.29) is 18.5 Å². The number of nitrogens with two attached hydrogens (primary N) is 1. The molecule has 6 nitrogen and oxygen atoms in total. The Balaban J connectivity index is 1.80. The first-order chi connectivity index (χ1) is 12.9. The average Bonchev–Trinajstić information content (AvgIpc) is 3.14. The molecule has 0 radical (unpaired) electrons. The van der Waals surface area contributed by atoms with Crippen molar-refractivity contribution in [3.8, 4) is 0 Å². The molecule has 0 aliphatic rings. The van der Waals surface area contributed by atoms with Gasteiger partial charge in [-0.3, -0.25) is 9.69 Å². The maximum atomic E-state index is 11.5. The first-order valence-corrected chi connectivity index (χ1v) is 9.17. The number of likely N-dealkylation sites (N-methyl/N-ethyl adjacent to an activating group) is 1. The van der Waals surface area contributed by atoms with E-state index in [9.17, 15) is 4.79 Å². The summed E-state index contributed by atoms with van der Waals surface area (Å²) >= 11 is 0. The number of para-hydroxylation sites is 1. The molecule has 27 heavy (non-hydrogen) atoms. The van der Waals surface area contributed by atoms with Gasteiger partial charge in [-0.1, -0.05) is 18.2 Å². The minimum absolute atomic E-state index is 0.151. The summed E-state index contributed by atoms with van der Waals surface area (Å²) in [6, 6.07) is 12.3. The largest absolute Gasteiger partial charge is 0.465 e. The lowest BCUT2D eigenvalue weighted by Crippen LogP contribution is -2.30. The van der Waals surface area contributed by atoms with Crippen molar-refractivity contribution >= 4 is 16.8 Å². The Labute approximate surface area is 159 Å². The van der Waals surface area contributed by atoms with Crippen molar-refractivity contribution in [2.24, 2.45) is 5.73 Å². The van der Waals surface area contributed by atoms with E-state index in [2.05, 4.69) is 16.3 Å². The summed E-state index contributed by atoms with van der Waals surface area (Å²) < 4.78 is 7.81. The lowest BCUT2D eigenvalue weighted by Gasteiger charge is -2.23. The number of carbonyl (C=O) groups is 1. The van der Waals surface area contributed by atoms with E-state index < -0.39 is 0 Å². The highest BCUT2D eigenvalue weighted by atomic mass is 16.3. The number of carbonyl (C=O) groups excluding carboxylic acids is 1. The highest BCUT2D eigenvalue weighted by Gasteiger charge is 2.19. The molecule has 1 atom stereocenters. The molecule has 0 aliphatic carbocycles. The smallest absolute Gasteiger partial charge is 0.237 e. The van der Waals surface area contributed by atoms with Crippen LogP contribution in [0, 0.1) is 13.8 Å². The quantitative estimate of drug-likeness (QED) is 0.641. The van der Waals surface area contributed by atoms with Crippen molar-refractivity contribution in [2.75, 3.05) is 20.6 Å². The van der Waals surface area contributed by atoms with Crippen LogP contribution in [0.2, 0.25) is 0 Å². The highest BCUT2D eigenvalue weighted by Crippen LogP contribution is 2.26. The molecule has 2 heterocycles. The van der Waals surface area contributed by atoms with E-state index in [1.165, 1.54) is 5.56 Å². The second-order valence-electron chi connectivity index (χ2n) is 7.19. The number of hydrogen-bond acceptors (Lipinski definition) is 4. The van der Waals surface area contributed by atoms with Crippen LogP contribution in [-0.2, 0) is 17.9 Å². The number of nitrogens with zero attached hydrogens (tertiary/aromatic N) is 2. The average molecular weight is 368 g/mol. The van der Waals surface area contributed by atoms with Crippen LogP contribution in [0.4, 0.5) is 0 Å². The Morgan fingerprint density at radius 2 is 1.96 bits per heavy atom. The SMILES string of the molecule is Cc1ccc([C@H](CNCc2c(C)n(CC(N)=O)c3ccccc23)N(C)C)o1. The second kappa shape index (κ2) is 7.98. The zero-order valence-corrected chi connectivity index (χ0v) is 16.5. The van der Waals surface area contributed by atoms with Crippen LogP contribution in [0.15, 0.2) is 40.8 Å². The van der Waals surface area contributed by atoms with E-state index in [0.717, 1.165) is 34.7 Å². The number of aromatic nitrogens is 1. The Kier molecular flexibility index (Phi) is 5.68. The van der Waals surface area contributed by atoms with E-state index in [0.29, 0.717) is 6.54 Å². The van der Waals surface area contributed by atoms with Crippen molar-refractivity contribution in [2.45, 2.75) is 33.0 Å². The zero-order valence-electron chi connectivity index (χ0n) is 16.5. The molecule has 2 aromatic heterocycles. The van der Waals surface area contributed by atoms with Crippen molar-refractivity contribution in [1.82, 2.24) is 14.8 Å². The van der Waals surface area contributed by atoms with Crippen LogP contribution < -0.4 is 11.1 Å². The van der Waals surface area contributed by atoms with Gasteiger partial charge in [0.25, 0.3) is 0 Å². The van der Waals surface area contributed by atoms with Gasteiger partial charge >= 0.3 is 0 Å². The van der Waals surface area contributed by atoms with Gasteiger partial charge in [-0.05, 0) is 51.7 Å². The number of fused-ring (bicyclic) bond motifs is 1. The number of hydrogen-bond donors (Lipinski definition) is 2. The monoisotopic (exact) mass is 368 g/mol. The fourth-order valence-electron chi connectivity index (χ4n) is 3.59. The molecule has 0 aliphatic heterocycles. The lowest BCUT2D eigenvalue weighted by atomic mass is 10.1. The van der Waals surface area contributed by atoms with Gasteiger partial charge in [-0.2, -0.15) is 0 Å². The Morgan fingerprint density at radius 3 is 2.59 bits per heavy atom. The molecule has 1 aromatic carbocycles. The first-order valence-electron chi connectivity index (χ1n) is 9.17. The molecule has 3 rings (SSSR count). The molecule has 0 unspecified atom stereocenters. The van der Waals surface area contributed by atoms with Gasteiger partial charge in [-0.15, -0.1) is 0 Å². The van der Waals surface area contributed by atoms with Crippen LogP contribution in [0.3, 0.4) is 0 Å². The summed E-state index contributed by atoms with van der Waals surface area (Å²) in [6.07, 6.45) is 0. The fraction of sp³-hybridized carbons (Fsp3) is 0.381. The predicted molar refractivity (Wildman–Crippen MR) is 107 cm³/mol. The predicted octanol–water partition coefficient (Wildman–Crippen LogP) is 2.73. The van der Waals surface area contributed by atoms with Gasteiger partial charge in [0, 0.05) is 29.7 Å². The van der Waals surface area contributed by atoms with E-state index in [1.54, 1.807) is 0 Å². The molecule has 3 N–H and O–H groups in total. The summed E-state index contributed by atoms with van der Waals surface area (Å²) in [5.74, 6) is 1.54. The Morgan fingerprint density at radius 1 is 1.22 bits per heavy atom. The number of primary amides is 1. The third-order valence-corrected chi connectivity index (χ3v) is 5.03. The first kappa shape index (κ1) is 19.2. The van der Waals surface area contributed by atoms with Crippen LogP contribution in [-0.4, -0.2) is 36.0 Å². The summed E-state index contributed by atoms with van der Waals surface area (Å²) in [5, 5.41) is 4.71. The van der Waals surface area contributed by atoms with Crippen LogP contribution in [0.1, 0.15) is 28.8 Å². The molecule has 6 heteroatoms. The molecule has 0 fully saturated rings. The second-order valence-corrected chi connectivity index (χ2v) is 7.19. The summed E-state index contributed by atoms with van der Waals surface area (Å²) in [6.45, 7) is 5.66. The molecule has 1 amide bonds. The molecule has 3 aromatic rings. The third kappa shape index (κ3) is 4.07. The van der Waals surface area contributed by atoms with Crippen LogP contribution in [0.25, 0.3) is 10.9 Å². The Hall–Kier alpha value is -2.57. The highest BCUT2D eigenvalue weighted by molar-refractivity contribution is 5.87. The molecular weight excluding hydrogens is 340 g/mol. The molecule has 0 bridgehead atoms. The number of aryl methyl sites for hydroxylation is 1. The van der Waals surface area contributed by atoms with Crippen molar-refractivity contribution in [3.05, 3.63) is 59.2 Å².